The number of esters is 3. The van der Waals surface area contributed by atoms with Crippen LogP contribution in [0.5, 0.6) is 0 Å². The minimum Gasteiger partial charge on any atom is -0.458 e. The van der Waals surface area contributed by atoms with Gasteiger partial charge in [0.2, 0.25) is 11.5 Å². The SMILES string of the molecule is CC(=O)OCC(=O)[C@@]1(OC(C)=O)[C@H](C)C[C@H]2[C@@H]3CC=C4C=C(OC(C)=O)C5=C(O5)[C@]4(C)[C@H]3CC[C@@]21C. The van der Waals surface area contributed by atoms with Gasteiger partial charge in [-0.1, -0.05) is 19.9 Å². The van der Waals surface area contributed by atoms with Crippen LogP contribution in [0.3, 0.4) is 0 Å². The van der Waals surface area contributed by atoms with Crippen molar-refractivity contribution in [1.29, 1.82) is 0 Å². The molecule has 0 saturated heterocycles. The normalized spacial score (nSPS) is 39.7. The molecule has 0 bridgehead atoms. The average molecular weight is 499 g/mol. The van der Waals surface area contributed by atoms with Crippen LogP contribution >= 0.6 is 0 Å². The van der Waals surface area contributed by atoms with E-state index in [-0.39, 0.29) is 40.8 Å². The molecule has 5 aliphatic rings. The topological polar surface area (TPSA) is 109 Å². The fourth-order valence-corrected chi connectivity index (χ4v) is 8.24. The number of carbonyl (C=O) groups is 4. The minimum atomic E-state index is -1.34. The highest BCUT2D eigenvalue weighted by atomic mass is 16.6. The summed E-state index contributed by atoms with van der Waals surface area (Å²) in [5.74, 6) is 0.659. The van der Waals surface area contributed by atoms with Gasteiger partial charge in [-0.15, -0.1) is 0 Å². The van der Waals surface area contributed by atoms with Crippen LogP contribution in [0, 0.1) is 34.5 Å². The first kappa shape index (κ1) is 24.8. The molecule has 0 N–H and O–H groups in total. The maximum absolute atomic E-state index is 13.7. The van der Waals surface area contributed by atoms with Gasteiger partial charge in [-0.05, 0) is 62.0 Å². The molecular formula is C28H34O8. The third kappa shape index (κ3) is 3.25. The van der Waals surface area contributed by atoms with Crippen molar-refractivity contribution in [3.63, 3.8) is 0 Å². The van der Waals surface area contributed by atoms with Crippen molar-refractivity contribution in [2.24, 2.45) is 34.5 Å². The van der Waals surface area contributed by atoms with E-state index in [1.165, 1.54) is 20.8 Å². The highest BCUT2D eigenvalue weighted by molar-refractivity contribution is 5.93. The Morgan fingerprint density at radius 1 is 1.06 bits per heavy atom. The number of fused-ring (bicyclic) bond motifs is 6. The van der Waals surface area contributed by atoms with Crippen molar-refractivity contribution in [2.45, 2.75) is 72.8 Å². The first-order chi connectivity index (χ1) is 16.9. The summed E-state index contributed by atoms with van der Waals surface area (Å²) >= 11 is 0. The zero-order valence-corrected chi connectivity index (χ0v) is 21.8. The van der Waals surface area contributed by atoms with Crippen molar-refractivity contribution in [1.82, 2.24) is 0 Å². The highest BCUT2D eigenvalue weighted by Crippen LogP contribution is 2.71. The molecule has 194 valence electrons. The summed E-state index contributed by atoms with van der Waals surface area (Å²) in [6.07, 6.45) is 7.19. The van der Waals surface area contributed by atoms with Crippen LogP contribution in [0.2, 0.25) is 0 Å². The van der Waals surface area contributed by atoms with Crippen molar-refractivity contribution >= 4 is 23.7 Å². The van der Waals surface area contributed by atoms with Crippen molar-refractivity contribution < 1.29 is 38.1 Å². The summed E-state index contributed by atoms with van der Waals surface area (Å²) in [4.78, 5) is 49.0. The Bertz CT molecular complexity index is 1160. The van der Waals surface area contributed by atoms with Gasteiger partial charge in [0.15, 0.2) is 23.7 Å². The number of ether oxygens (including phenoxy) is 4. The molecule has 2 saturated carbocycles. The van der Waals surface area contributed by atoms with Crippen LogP contribution in [-0.4, -0.2) is 35.9 Å². The van der Waals surface area contributed by atoms with Crippen LogP contribution in [-0.2, 0) is 38.1 Å². The molecule has 0 unspecified atom stereocenters. The predicted octanol–water partition coefficient (Wildman–Crippen LogP) is 4.15. The first-order valence-electron chi connectivity index (χ1n) is 12.8. The quantitative estimate of drug-likeness (QED) is 0.411. The Kier molecular flexibility index (Phi) is 5.54. The number of ketones is 1. The molecule has 0 aromatic rings. The average Bonchev–Trinajstić information content (AvgIpc) is 3.56. The Morgan fingerprint density at radius 3 is 2.42 bits per heavy atom. The van der Waals surface area contributed by atoms with Gasteiger partial charge in [-0.3, -0.25) is 19.2 Å². The second-order valence-electron chi connectivity index (χ2n) is 11.5. The van der Waals surface area contributed by atoms with Gasteiger partial charge >= 0.3 is 17.9 Å². The molecular weight excluding hydrogens is 464 g/mol. The summed E-state index contributed by atoms with van der Waals surface area (Å²) < 4.78 is 22.4. The zero-order valence-electron chi connectivity index (χ0n) is 21.8. The second kappa shape index (κ2) is 8.05. The van der Waals surface area contributed by atoms with E-state index in [0.717, 1.165) is 30.6 Å². The van der Waals surface area contributed by atoms with Crippen molar-refractivity contribution in [3.05, 3.63) is 35.0 Å². The Hall–Kier alpha value is -2.90. The third-order valence-corrected chi connectivity index (χ3v) is 9.66. The summed E-state index contributed by atoms with van der Waals surface area (Å²) in [5.41, 5.74) is -1.17. The van der Waals surface area contributed by atoms with E-state index in [1.807, 2.05) is 13.0 Å². The van der Waals surface area contributed by atoms with Crippen molar-refractivity contribution in [3.8, 4) is 0 Å². The van der Waals surface area contributed by atoms with E-state index in [2.05, 4.69) is 19.9 Å². The molecule has 1 heterocycles. The van der Waals surface area contributed by atoms with E-state index >= 15 is 0 Å². The van der Waals surface area contributed by atoms with Crippen LogP contribution in [0.4, 0.5) is 0 Å². The number of hydrogen-bond acceptors (Lipinski definition) is 8. The largest absolute Gasteiger partial charge is 0.458 e. The number of allylic oxidation sites excluding steroid dienone is 3. The standard InChI is InChI=1S/C28H34O8/c1-14-11-21-19-8-7-18-12-22(34-16(3)30)24-25(35-24)27(18,6)20(19)9-10-26(21,5)28(14,36-17(4)31)23(32)13-33-15(2)29/h7,12,14,19-21H,8-11,13H2,1-6H3/t14-,19-,20+,21+,26+,27+,28+/m1/s1. The molecule has 1 aliphatic heterocycles. The van der Waals surface area contributed by atoms with Gasteiger partial charge in [0, 0.05) is 32.1 Å². The Balaban J connectivity index is 1.52. The summed E-state index contributed by atoms with van der Waals surface area (Å²) in [5, 5.41) is 0. The predicted molar refractivity (Wildman–Crippen MR) is 126 cm³/mol. The lowest BCUT2D eigenvalue weighted by atomic mass is 9.48. The fourth-order valence-electron chi connectivity index (χ4n) is 8.24. The van der Waals surface area contributed by atoms with Gasteiger partial charge in [0.25, 0.3) is 0 Å². The molecule has 7 atom stereocenters. The minimum absolute atomic E-state index is 0.128. The van der Waals surface area contributed by atoms with Gasteiger partial charge in [0.1, 0.15) is 0 Å². The highest BCUT2D eigenvalue weighted by Gasteiger charge is 2.72. The van der Waals surface area contributed by atoms with Gasteiger partial charge < -0.3 is 18.9 Å². The van der Waals surface area contributed by atoms with Crippen LogP contribution < -0.4 is 0 Å². The maximum Gasteiger partial charge on any atom is 0.308 e. The molecule has 8 heteroatoms. The van der Waals surface area contributed by atoms with E-state index in [4.69, 9.17) is 18.9 Å². The van der Waals surface area contributed by atoms with E-state index in [0.29, 0.717) is 17.9 Å². The van der Waals surface area contributed by atoms with E-state index < -0.39 is 29.6 Å². The first-order valence-corrected chi connectivity index (χ1v) is 12.8. The maximum atomic E-state index is 13.7. The third-order valence-electron chi connectivity index (χ3n) is 9.66. The zero-order chi connectivity index (χ0) is 26.2. The summed E-state index contributed by atoms with van der Waals surface area (Å²) in [7, 11) is 0. The number of Topliss-reactive ketones (excluding diaryl/α,β-unsaturated/α-hetero) is 1. The lowest BCUT2D eigenvalue weighted by molar-refractivity contribution is -0.195. The van der Waals surface area contributed by atoms with Crippen LogP contribution in [0.1, 0.15) is 67.2 Å². The number of carbonyl (C=O) groups excluding carboxylic acids is 4. The molecule has 8 nitrogen and oxygen atoms in total. The second-order valence-corrected chi connectivity index (χ2v) is 11.5. The van der Waals surface area contributed by atoms with Crippen molar-refractivity contribution in [2.75, 3.05) is 6.61 Å². The number of rotatable bonds is 5. The van der Waals surface area contributed by atoms with E-state index in [1.54, 1.807) is 0 Å². The lowest BCUT2D eigenvalue weighted by Gasteiger charge is -2.56. The lowest BCUT2D eigenvalue weighted by Crippen LogP contribution is -2.61. The van der Waals surface area contributed by atoms with Gasteiger partial charge in [-0.25, -0.2) is 0 Å². The molecule has 5 rings (SSSR count). The van der Waals surface area contributed by atoms with Crippen LogP contribution in [0.15, 0.2) is 35.0 Å². The van der Waals surface area contributed by atoms with E-state index in [9.17, 15) is 19.2 Å². The Labute approximate surface area is 211 Å². The molecule has 0 spiro atoms. The molecule has 0 aromatic carbocycles. The number of hydrogen-bond donors (Lipinski definition) is 0. The van der Waals surface area contributed by atoms with Crippen LogP contribution in [0.25, 0.3) is 0 Å². The monoisotopic (exact) mass is 498 g/mol. The van der Waals surface area contributed by atoms with Gasteiger partial charge in [0.05, 0.1) is 5.41 Å². The molecule has 0 aromatic heterocycles. The molecule has 0 radical (unpaired) electrons. The van der Waals surface area contributed by atoms with Gasteiger partial charge in [-0.2, -0.15) is 0 Å². The summed E-state index contributed by atoms with van der Waals surface area (Å²) in [6, 6.07) is 0. The molecule has 36 heavy (non-hydrogen) atoms. The molecule has 0 amide bonds. The Morgan fingerprint density at radius 2 is 1.78 bits per heavy atom. The smallest absolute Gasteiger partial charge is 0.308 e. The molecule has 4 aliphatic carbocycles. The fraction of sp³-hybridized carbons (Fsp3) is 0.643. The molecule has 2 fully saturated rings. The summed E-state index contributed by atoms with van der Waals surface area (Å²) in [6.45, 7) is 9.82.